The quantitative estimate of drug-likeness (QED) is 0.436. The van der Waals surface area contributed by atoms with Gasteiger partial charge in [0.15, 0.2) is 6.61 Å². The van der Waals surface area contributed by atoms with Gasteiger partial charge < -0.3 is 10.1 Å². The van der Waals surface area contributed by atoms with Crippen LogP contribution in [0.5, 0.6) is 0 Å². The van der Waals surface area contributed by atoms with E-state index < -0.39 is 39.8 Å². The molecule has 1 amide bonds. The van der Waals surface area contributed by atoms with Crippen LogP contribution < -0.4 is 21.3 Å². The molecule has 3 aromatic rings. The highest BCUT2D eigenvalue weighted by atomic mass is 32.2. The fourth-order valence-corrected chi connectivity index (χ4v) is 4.90. The first-order valence-electron chi connectivity index (χ1n) is 11.6. The zero-order valence-electron chi connectivity index (χ0n) is 22.0. The molecule has 0 aliphatic rings. The molecule has 1 heterocycles. The van der Waals surface area contributed by atoms with Crippen molar-refractivity contribution < 1.29 is 22.7 Å². The fraction of sp³-hybridized carbons (Fsp3) is 0.308. The molecule has 3 rings (SSSR count). The van der Waals surface area contributed by atoms with E-state index in [0.29, 0.717) is 5.56 Å². The van der Waals surface area contributed by atoms with Crippen LogP contribution in [0, 0.1) is 6.92 Å². The van der Waals surface area contributed by atoms with Crippen molar-refractivity contribution in [3.63, 3.8) is 0 Å². The summed E-state index contributed by atoms with van der Waals surface area (Å²) in [6.07, 6.45) is 0. The molecule has 2 N–H and O–H groups in total. The van der Waals surface area contributed by atoms with Gasteiger partial charge in [-0.15, -0.1) is 0 Å². The maximum atomic E-state index is 13.3. The van der Waals surface area contributed by atoms with Crippen molar-refractivity contribution in [1.82, 2.24) is 9.13 Å². The number of ether oxygens (including phenoxy) is 1. The minimum absolute atomic E-state index is 0.0209. The molecule has 0 fully saturated rings. The topological polar surface area (TPSA) is 146 Å². The summed E-state index contributed by atoms with van der Waals surface area (Å²) in [5.74, 6) is -1.81. The number of aryl methyl sites for hydroxylation is 1. The third-order valence-corrected chi connectivity index (χ3v) is 7.37. The maximum Gasteiger partial charge on any atom is 0.340 e. The molecule has 0 saturated heterocycles. The van der Waals surface area contributed by atoms with E-state index in [2.05, 4.69) is 10.0 Å². The number of carbonyl (C=O) groups is 2. The van der Waals surface area contributed by atoms with Gasteiger partial charge in [0.2, 0.25) is 0 Å². The first-order chi connectivity index (χ1) is 17.6. The van der Waals surface area contributed by atoms with Crippen molar-refractivity contribution in [2.75, 3.05) is 16.6 Å². The van der Waals surface area contributed by atoms with E-state index in [1.165, 1.54) is 32.3 Å². The summed E-state index contributed by atoms with van der Waals surface area (Å²) in [4.78, 5) is 49.0. The summed E-state index contributed by atoms with van der Waals surface area (Å²) in [7, 11) is -1.41. The van der Waals surface area contributed by atoms with Crippen molar-refractivity contribution in [3.8, 4) is 0 Å². The minimum Gasteiger partial charge on any atom is -0.452 e. The van der Waals surface area contributed by atoms with Gasteiger partial charge in [0, 0.05) is 20.2 Å². The van der Waals surface area contributed by atoms with E-state index in [0.717, 1.165) is 20.8 Å². The average molecular weight is 543 g/mol. The van der Waals surface area contributed by atoms with Crippen molar-refractivity contribution >= 4 is 33.4 Å². The molecule has 202 valence electrons. The minimum atomic E-state index is -4.07. The number of esters is 1. The molecule has 0 saturated carbocycles. The number of amides is 1. The zero-order valence-corrected chi connectivity index (χ0v) is 22.8. The Hall–Kier alpha value is -4.19. The fourth-order valence-electron chi connectivity index (χ4n) is 3.55. The van der Waals surface area contributed by atoms with Crippen LogP contribution in [0.3, 0.4) is 0 Å². The molecule has 0 spiro atoms. The van der Waals surface area contributed by atoms with Gasteiger partial charge in [0.25, 0.3) is 21.5 Å². The molecule has 11 nitrogen and oxygen atoms in total. The SMILES string of the molecule is Cc1ccc(C(C)(C)C)cc1S(=O)(=O)Nc1ccccc1C(=O)OCC(=O)Nc1cc(=O)n(C)c(=O)n1C. The Morgan fingerprint density at radius 1 is 0.974 bits per heavy atom. The number of anilines is 2. The number of sulfonamides is 1. The molecule has 0 radical (unpaired) electrons. The highest BCUT2D eigenvalue weighted by molar-refractivity contribution is 7.92. The van der Waals surface area contributed by atoms with Crippen LogP contribution in [-0.2, 0) is 39.1 Å². The third-order valence-electron chi connectivity index (χ3n) is 5.86. The zero-order chi connectivity index (χ0) is 28.4. The summed E-state index contributed by atoms with van der Waals surface area (Å²) < 4.78 is 36.0. The summed E-state index contributed by atoms with van der Waals surface area (Å²) in [6, 6.07) is 12.1. The standard InChI is InChI=1S/C26H30N4O7S/c1-16-11-12-17(26(2,3)4)13-20(16)38(35,36)28-19-10-8-7-9-18(19)24(33)37-15-22(31)27-21-14-23(32)30(6)25(34)29(21)5/h7-14,28H,15H2,1-6H3,(H,27,31). The van der Waals surface area contributed by atoms with Crippen LogP contribution in [-0.4, -0.2) is 36.0 Å². The Morgan fingerprint density at radius 2 is 1.63 bits per heavy atom. The predicted octanol–water partition coefficient (Wildman–Crippen LogP) is 2.29. The van der Waals surface area contributed by atoms with Crippen molar-refractivity contribution in [1.29, 1.82) is 0 Å². The Bertz CT molecular complexity index is 1630. The number of hydrogen-bond donors (Lipinski definition) is 2. The van der Waals surface area contributed by atoms with Crippen LogP contribution in [0.1, 0.15) is 42.3 Å². The van der Waals surface area contributed by atoms with Gasteiger partial charge in [0.1, 0.15) is 5.82 Å². The van der Waals surface area contributed by atoms with E-state index in [9.17, 15) is 27.6 Å². The maximum absolute atomic E-state index is 13.3. The number of para-hydroxylation sites is 1. The van der Waals surface area contributed by atoms with Gasteiger partial charge in [-0.2, -0.15) is 0 Å². The van der Waals surface area contributed by atoms with Gasteiger partial charge in [-0.1, -0.05) is 45.0 Å². The molecule has 0 bridgehead atoms. The molecular formula is C26H30N4O7S. The molecular weight excluding hydrogens is 512 g/mol. The second kappa shape index (κ2) is 10.7. The second-order valence-electron chi connectivity index (χ2n) is 9.77. The molecule has 38 heavy (non-hydrogen) atoms. The highest BCUT2D eigenvalue weighted by Gasteiger charge is 2.24. The number of aromatic nitrogens is 2. The number of benzene rings is 2. The Balaban J connectivity index is 1.78. The lowest BCUT2D eigenvalue weighted by molar-refractivity contribution is -0.119. The summed E-state index contributed by atoms with van der Waals surface area (Å²) in [6.45, 7) is 6.86. The Kier molecular flexibility index (Phi) is 7.96. The predicted molar refractivity (Wildman–Crippen MR) is 143 cm³/mol. The van der Waals surface area contributed by atoms with Gasteiger partial charge in [0.05, 0.1) is 16.1 Å². The van der Waals surface area contributed by atoms with Crippen LogP contribution >= 0.6 is 0 Å². The van der Waals surface area contributed by atoms with E-state index >= 15 is 0 Å². The van der Waals surface area contributed by atoms with E-state index in [4.69, 9.17) is 4.74 Å². The summed E-state index contributed by atoms with van der Waals surface area (Å²) in [5.41, 5.74) is -0.302. The van der Waals surface area contributed by atoms with Gasteiger partial charge in [-0.25, -0.2) is 18.0 Å². The molecule has 2 aromatic carbocycles. The summed E-state index contributed by atoms with van der Waals surface area (Å²) >= 11 is 0. The smallest absolute Gasteiger partial charge is 0.340 e. The largest absolute Gasteiger partial charge is 0.452 e. The molecule has 0 atom stereocenters. The highest BCUT2D eigenvalue weighted by Crippen LogP contribution is 2.28. The number of rotatable bonds is 7. The molecule has 0 aliphatic heterocycles. The average Bonchev–Trinajstić information content (AvgIpc) is 2.84. The Labute approximate surface area is 220 Å². The van der Waals surface area contributed by atoms with Gasteiger partial charge in [-0.3, -0.25) is 23.4 Å². The first-order valence-corrected chi connectivity index (χ1v) is 13.1. The lowest BCUT2D eigenvalue weighted by Crippen LogP contribution is -2.38. The van der Waals surface area contributed by atoms with Crippen molar-refractivity contribution in [3.05, 3.63) is 86.1 Å². The molecule has 12 heteroatoms. The van der Waals surface area contributed by atoms with E-state index in [1.54, 1.807) is 25.1 Å². The number of nitrogens with one attached hydrogen (secondary N) is 2. The molecule has 0 aliphatic carbocycles. The number of nitrogens with zero attached hydrogens (tertiary/aromatic N) is 2. The van der Waals surface area contributed by atoms with Crippen molar-refractivity contribution in [2.45, 2.75) is 38.0 Å². The molecule has 0 unspecified atom stereocenters. The second-order valence-corrected chi connectivity index (χ2v) is 11.4. The lowest BCUT2D eigenvalue weighted by atomic mass is 9.87. The van der Waals surface area contributed by atoms with E-state index in [-0.39, 0.29) is 27.4 Å². The number of carbonyl (C=O) groups excluding carboxylic acids is 2. The Morgan fingerprint density at radius 3 is 2.29 bits per heavy atom. The monoisotopic (exact) mass is 542 g/mol. The van der Waals surface area contributed by atoms with Crippen LogP contribution in [0.15, 0.2) is 63.0 Å². The first kappa shape index (κ1) is 28.4. The normalized spacial score (nSPS) is 11.6. The van der Waals surface area contributed by atoms with Crippen LogP contribution in [0.25, 0.3) is 0 Å². The lowest BCUT2D eigenvalue weighted by Gasteiger charge is -2.21. The van der Waals surface area contributed by atoms with Crippen LogP contribution in [0.2, 0.25) is 0 Å². The third kappa shape index (κ3) is 6.20. The van der Waals surface area contributed by atoms with Gasteiger partial charge >= 0.3 is 11.7 Å². The molecule has 1 aromatic heterocycles. The summed E-state index contributed by atoms with van der Waals surface area (Å²) in [5, 5.41) is 2.35. The van der Waals surface area contributed by atoms with Gasteiger partial charge in [-0.05, 0) is 41.7 Å². The van der Waals surface area contributed by atoms with Crippen molar-refractivity contribution in [2.24, 2.45) is 14.1 Å². The van der Waals surface area contributed by atoms with Crippen LogP contribution in [0.4, 0.5) is 11.5 Å². The number of hydrogen-bond acceptors (Lipinski definition) is 7. The van der Waals surface area contributed by atoms with E-state index in [1.807, 2.05) is 26.8 Å².